The molecule has 0 spiro atoms. The largest absolute Gasteiger partial charge is 0.469 e. The lowest BCUT2D eigenvalue weighted by Crippen LogP contribution is -2.14. The molecular formula is C14H15BrN2O2. The number of nitrogens with one attached hydrogen (secondary N) is 1. The molecule has 0 aliphatic heterocycles. The first-order valence-electron chi connectivity index (χ1n) is 5.94. The zero-order valence-electron chi connectivity index (χ0n) is 10.6. The van der Waals surface area contributed by atoms with Crippen molar-refractivity contribution in [2.24, 2.45) is 0 Å². The number of nitrogen functional groups attached to an aromatic ring is 1. The summed E-state index contributed by atoms with van der Waals surface area (Å²) in [7, 11) is 0. The standard InChI is InChI=1S/C14H15BrN2O2/c1-9-7-11(15)14(12(16)8-9)17-13(18)5-4-10-3-2-6-19-10/h2-3,6-8H,4-5,16H2,1H3,(H,17,18). The second-order valence-electron chi connectivity index (χ2n) is 4.34. The van der Waals surface area contributed by atoms with Crippen LogP contribution < -0.4 is 11.1 Å². The molecule has 0 fully saturated rings. The van der Waals surface area contributed by atoms with Crippen LogP contribution in [0.1, 0.15) is 17.7 Å². The van der Waals surface area contributed by atoms with Gasteiger partial charge in [0.2, 0.25) is 5.91 Å². The van der Waals surface area contributed by atoms with E-state index in [4.69, 9.17) is 10.2 Å². The minimum absolute atomic E-state index is 0.0901. The summed E-state index contributed by atoms with van der Waals surface area (Å²) in [6.07, 6.45) is 2.53. The number of hydrogen-bond donors (Lipinski definition) is 2. The molecule has 4 nitrogen and oxygen atoms in total. The Morgan fingerprint density at radius 3 is 2.89 bits per heavy atom. The van der Waals surface area contributed by atoms with Crippen LogP contribution in [-0.4, -0.2) is 5.91 Å². The maximum Gasteiger partial charge on any atom is 0.224 e. The molecule has 0 bridgehead atoms. The van der Waals surface area contributed by atoms with Crippen molar-refractivity contribution in [3.8, 4) is 0 Å². The van der Waals surface area contributed by atoms with E-state index >= 15 is 0 Å². The van der Waals surface area contributed by atoms with Gasteiger partial charge >= 0.3 is 0 Å². The SMILES string of the molecule is Cc1cc(N)c(NC(=O)CCc2ccco2)c(Br)c1. The van der Waals surface area contributed by atoms with Gasteiger partial charge in [-0.2, -0.15) is 0 Å². The van der Waals surface area contributed by atoms with E-state index in [2.05, 4.69) is 21.2 Å². The lowest BCUT2D eigenvalue weighted by atomic mass is 10.2. The molecule has 1 amide bonds. The third-order valence-electron chi connectivity index (χ3n) is 2.71. The minimum Gasteiger partial charge on any atom is -0.469 e. The molecule has 0 unspecified atom stereocenters. The highest BCUT2D eigenvalue weighted by Crippen LogP contribution is 2.30. The molecule has 100 valence electrons. The number of nitrogens with two attached hydrogens (primary N) is 1. The summed E-state index contributed by atoms with van der Waals surface area (Å²) < 4.78 is 5.97. The fourth-order valence-electron chi connectivity index (χ4n) is 1.79. The van der Waals surface area contributed by atoms with E-state index in [1.165, 1.54) is 0 Å². The lowest BCUT2D eigenvalue weighted by molar-refractivity contribution is -0.116. The van der Waals surface area contributed by atoms with Crippen molar-refractivity contribution >= 4 is 33.2 Å². The Balaban J connectivity index is 1.99. The highest BCUT2D eigenvalue weighted by atomic mass is 79.9. The van der Waals surface area contributed by atoms with E-state index in [1.54, 1.807) is 6.26 Å². The molecule has 2 aromatic rings. The number of halogens is 1. The Labute approximate surface area is 120 Å². The number of benzene rings is 1. The first kappa shape index (κ1) is 13.7. The van der Waals surface area contributed by atoms with Crippen molar-refractivity contribution in [2.75, 3.05) is 11.1 Å². The van der Waals surface area contributed by atoms with Crippen LogP contribution in [0.25, 0.3) is 0 Å². The van der Waals surface area contributed by atoms with E-state index in [0.717, 1.165) is 15.8 Å². The van der Waals surface area contributed by atoms with Crippen molar-refractivity contribution in [2.45, 2.75) is 19.8 Å². The molecule has 0 radical (unpaired) electrons. The lowest BCUT2D eigenvalue weighted by Gasteiger charge is -2.11. The summed E-state index contributed by atoms with van der Waals surface area (Å²) in [6.45, 7) is 1.95. The monoisotopic (exact) mass is 322 g/mol. The Morgan fingerprint density at radius 1 is 1.47 bits per heavy atom. The molecule has 0 saturated carbocycles. The van der Waals surface area contributed by atoms with Gasteiger partial charge in [-0.15, -0.1) is 0 Å². The quantitative estimate of drug-likeness (QED) is 0.846. The molecule has 1 heterocycles. The van der Waals surface area contributed by atoms with Gasteiger partial charge in [-0.05, 0) is 52.7 Å². The van der Waals surface area contributed by atoms with Gasteiger partial charge < -0.3 is 15.5 Å². The average molecular weight is 323 g/mol. The van der Waals surface area contributed by atoms with Gasteiger partial charge in [0.05, 0.1) is 17.6 Å². The second-order valence-corrected chi connectivity index (χ2v) is 5.19. The number of furan rings is 1. The first-order valence-corrected chi connectivity index (χ1v) is 6.73. The van der Waals surface area contributed by atoms with Crippen LogP contribution in [0.3, 0.4) is 0 Å². The summed E-state index contributed by atoms with van der Waals surface area (Å²) in [4.78, 5) is 11.9. The number of aryl methyl sites for hydroxylation is 2. The van der Waals surface area contributed by atoms with Crippen LogP contribution in [0.2, 0.25) is 0 Å². The Morgan fingerprint density at radius 2 is 2.26 bits per heavy atom. The average Bonchev–Trinajstić information content (AvgIpc) is 2.84. The fourth-order valence-corrected chi connectivity index (χ4v) is 2.48. The molecule has 19 heavy (non-hydrogen) atoms. The van der Waals surface area contributed by atoms with Crippen LogP contribution in [0.15, 0.2) is 39.4 Å². The number of rotatable bonds is 4. The predicted molar refractivity (Wildman–Crippen MR) is 79.0 cm³/mol. The Kier molecular flexibility index (Phi) is 4.27. The third kappa shape index (κ3) is 3.61. The van der Waals surface area contributed by atoms with Crippen molar-refractivity contribution in [3.05, 3.63) is 46.3 Å². The number of carbonyl (C=O) groups excluding carboxylic acids is 1. The maximum absolute atomic E-state index is 11.9. The maximum atomic E-state index is 11.9. The van der Waals surface area contributed by atoms with E-state index in [9.17, 15) is 4.79 Å². The normalized spacial score (nSPS) is 10.4. The summed E-state index contributed by atoms with van der Waals surface area (Å²) >= 11 is 3.40. The zero-order chi connectivity index (χ0) is 13.8. The van der Waals surface area contributed by atoms with Gasteiger partial charge in [0.25, 0.3) is 0 Å². The van der Waals surface area contributed by atoms with Crippen molar-refractivity contribution in [1.82, 2.24) is 0 Å². The summed E-state index contributed by atoms with van der Waals surface area (Å²) in [6, 6.07) is 7.40. The molecule has 0 aliphatic carbocycles. The zero-order valence-corrected chi connectivity index (χ0v) is 12.2. The Bertz CT molecular complexity index is 556. The van der Waals surface area contributed by atoms with E-state index < -0.39 is 0 Å². The smallest absolute Gasteiger partial charge is 0.224 e. The van der Waals surface area contributed by atoms with Gasteiger partial charge in [0, 0.05) is 17.3 Å². The van der Waals surface area contributed by atoms with Crippen LogP contribution in [0, 0.1) is 6.92 Å². The third-order valence-corrected chi connectivity index (χ3v) is 3.33. The molecule has 3 N–H and O–H groups in total. The molecule has 0 saturated heterocycles. The van der Waals surface area contributed by atoms with E-state index in [-0.39, 0.29) is 5.91 Å². The van der Waals surface area contributed by atoms with Crippen molar-refractivity contribution in [1.29, 1.82) is 0 Å². The predicted octanol–water partition coefficient (Wildman–Crippen LogP) is 3.50. The van der Waals surface area contributed by atoms with Crippen molar-refractivity contribution < 1.29 is 9.21 Å². The van der Waals surface area contributed by atoms with Gasteiger partial charge in [-0.25, -0.2) is 0 Å². The molecule has 1 aromatic heterocycles. The molecule has 0 aliphatic rings. The fraction of sp³-hybridized carbons (Fsp3) is 0.214. The van der Waals surface area contributed by atoms with Crippen LogP contribution in [0.4, 0.5) is 11.4 Å². The topological polar surface area (TPSA) is 68.3 Å². The molecule has 5 heteroatoms. The molecule has 2 rings (SSSR count). The van der Waals surface area contributed by atoms with Gasteiger partial charge in [0.1, 0.15) is 5.76 Å². The highest BCUT2D eigenvalue weighted by Gasteiger charge is 2.10. The minimum atomic E-state index is -0.0901. The molecule has 0 atom stereocenters. The van der Waals surface area contributed by atoms with Crippen LogP contribution in [0.5, 0.6) is 0 Å². The van der Waals surface area contributed by atoms with Gasteiger partial charge in [-0.1, -0.05) is 0 Å². The van der Waals surface area contributed by atoms with Crippen LogP contribution in [-0.2, 0) is 11.2 Å². The number of hydrogen-bond acceptors (Lipinski definition) is 3. The summed E-state index contributed by atoms with van der Waals surface area (Å²) in [5.74, 6) is 0.707. The highest BCUT2D eigenvalue weighted by molar-refractivity contribution is 9.10. The Hall–Kier alpha value is -1.75. The van der Waals surface area contributed by atoms with Gasteiger partial charge in [0.15, 0.2) is 0 Å². The molecule has 1 aromatic carbocycles. The van der Waals surface area contributed by atoms with E-state index in [0.29, 0.717) is 24.2 Å². The van der Waals surface area contributed by atoms with Gasteiger partial charge in [-0.3, -0.25) is 4.79 Å². The first-order chi connectivity index (χ1) is 9.06. The van der Waals surface area contributed by atoms with E-state index in [1.807, 2.05) is 31.2 Å². The summed E-state index contributed by atoms with van der Waals surface area (Å²) in [5, 5.41) is 2.82. The summed E-state index contributed by atoms with van der Waals surface area (Å²) in [5.41, 5.74) is 8.11. The number of amides is 1. The molecular weight excluding hydrogens is 308 g/mol. The van der Waals surface area contributed by atoms with Crippen molar-refractivity contribution in [3.63, 3.8) is 0 Å². The second kappa shape index (κ2) is 5.93. The number of carbonyl (C=O) groups is 1. The number of anilines is 2. The van der Waals surface area contributed by atoms with Crippen LogP contribution >= 0.6 is 15.9 Å².